The smallest absolute Gasteiger partial charge is 0.420 e. The van der Waals surface area contributed by atoms with Gasteiger partial charge in [0.05, 0.1) is 32.2 Å². The first-order valence-corrected chi connectivity index (χ1v) is 11.0. The minimum Gasteiger partial charge on any atom is -0.493 e. The number of nitrogens with zero attached hydrogens (tertiary/aromatic N) is 1. The second-order valence-electron chi connectivity index (χ2n) is 8.44. The molecule has 0 aliphatic carbocycles. The highest BCUT2D eigenvalue weighted by Gasteiger charge is 2.61. The lowest BCUT2D eigenvalue weighted by Gasteiger charge is -2.46. The minimum absolute atomic E-state index is 0.0693. The number of piperidine rings is 1. The summed E-state index contributed by atoms with van der Waals surface area (Å²) in [4.78, 5) is 12.9. The number of rotatable bonds is 10. The Hall–Kier alpha value is -1.91. The van der Waals surface area contributed by atoms with E-state index in [2.05, 4.69) is 5.32 Å². The van der Waals surface area contributed by atoms with E-state index in [1.54, 1.807) is 0 Å². The van der Waals surface area contributed by atoms with E-state index in [4.69, 9.17) is 9.47 Å². The molecule has 0 bridgehead atoms. The van der Waals surface area contributed by atoms with Crippen molar-refractivity contribution >= 4 is 5.91 Å². The van der Waals surface area contributed by atoms with Gasteiger partial charge in [0.2, 0.25) is 5.91 Å². The number of aliphatic hydroxyl groups is 1. The Bertz CT molecular complexity index is 763. The van der Waals surface area contributed by atoms with Gasteiger partial charge in [0, 0.05) is 12.7 Å². The molecule has 1 aromatic carbocycles. The van der Waals surface area contributed by atoms with Crippen LogP contribution in [0.15, 0.2) is 18.2 Å². The molecule has 2 aliphatic rings. The van der Waals surface area contributed by atoms with Crippen LogP contribution >= 0.6 is 0 Å². The van der Waals surface area contributed by atoms with Gasteiger partial charge in [0.15, 0.2) is 5.60 Å². The van der Waals surface area contributed by atoms with Crippen LogP contribution in [0.5, 0.6) is 5.75 Å². The summed E-state index contributed by atoms with van der Waals surface area (Å²) in [5.41, 5.74) is -2.81. The van der Waals surface area contributed by atoms with Crippen LogP contribution in [0.25, 0.3) is 0 Å². The lowest BCUT2D eigenvalue weighted by Crippen LogP contribution is -2.70. The highest BCUT2D eigenvalue weighted by atomic mass is 19.4. The number of halogens is 4. The molecule has 2 saturated heterocycles. The van der Waals surface area contributed by atoms with E-state index < -0.39 is 36.6 Å². The maximum atomic E-state index is 14.3. The monoisotopic (exact) mass is 462 g/mol. The number of nitrogens with one attached hydrogen (secondary N) is 1. The van der Waals surface area contributed by atoms with Gasteiger partial charge in [-0.3, -0.25) is 4.79 Å². The van der Waals surface area contributed by atoms with E-state index >= 15 is 0 Å². The molecule has 1 aromatic rings. The van der Waals surface area contributed by atoms with E-state index in [1.807, 2.05) is 0 Å². The van der Waals surface area contributed by atoms with Gasteiger partial charge in [0.1, 0.15) is 11.6 Å². The van der Waals surface area contributed by atoms with Crippen molar-refractivity contribution in [3.8, 4) is 5.75 Å². The van der Waals surface area contributed by atoms with Gasteiger partial charge >= 0.3 is 6.18 Å². The van der Waals surface area contributed by atoms with Crippen LogP contribution in [0.1, 0.15) is 37.7 Å². The van der Waals surface area contributed by atoms with Crippen molar-refractivity contribution < 1.29 is 36.9 Å². The fourth-order valence-corrected chi connectivity index (χ4v) is 3.76. The van der Waals surface area contributed by atoms with E-state index in [1.165, 1.54) is 18.2 Å². The normalized spacial score (nSPS) is 19.0. The zero-order valence-corrected chi connectivity index (χ0v) is 17.9. The van der Waals surface area contributed by atoms with Crippen molar-refractivity contribution in [2.24, 2.45) is 0 Å². The first-order chi connectivity index (χ1) is 15.2. The van der Waals surface area contributed by atoms with Crippen LogP contribution < -0.4 is 10.1 Å². The molecule has 2 heterocycles. The Morgan fingerprint density at radius 1 is 1.16 bits per heavy atom. The van der Waals surface area contributed by atoms with Gasteiger partial charge < -0.3 is 24.8 Å². The molecule has 0 saturated carbocycles. The van der Waals surface area contributed by atoms with Crippen molar-refractivity contribution in [3.05, 3.63) is 29.6 Å². The van der Waals surface area contributed by atoms with Crippen LogP contribution in [0.3, 0.4) is 0 Å². The number of alkyl halides is 3. The average molecular weight is 462 g/mol. The summed E-state index contributed by atoms with van der Waals surface area (Å²) < 4.78 is 63.6. The number of hydrogen-bond acceptors (Lipinski definition) is 5. The van der Waals surface area contributed by atoms with Crippen molar-refractivity contribution in [1.29, 1.82) is 0 Å². The highest BCUT2D eigenvalue weighted by molar-refractivity contribution is 5.80. The summed E-state index contributed by atoms with van der Waals surface area (Å²) in [6.07, 6.45) is -0.0748. The van der Waals surface area contributed by atoms with Gasteiger partial charge in [-0.05, 0) is 56.8 Å². The summed E-state index contributed by atoms with van der Waals surface area (Å²) >= 11 is 0. The summed E-state index contributed by atoms with van der Waals surface area (Å²) in [5, 5.41) is 12.7. The maximum absolute atomic E-state index is 14.3. The van der Waals surface area contributed by atoms with E-state index in [0.717, 1.165) is 56.7 Å². The molecule has 0 spiro atoms. The molecule has 0 unspecified atom stereocenters. The molecule has 0 atom stereocenters. The van der Waals surface area contributed by atoms with Crippen LogP contribution in [0.2, 0.25) is 0 Å². The van der Waals surface area contributed by atoms with Crippen molar-refractivity contribution in [2.75, 3.05) is 39.4 Å². The van der Waals surface area contributed by atoms with Crippen LogP contribution in [-0.4, -0.2) is 73.2 Å². The Morgan fingerprint density at radius 2 is 1.84 bits per heavy atom. The predicted molar refractivity (Wildman–Crippen MR) is 109 cm³/mol. The van der Waals surface area contributed by atoms with Crippen LogP contribution in [0, 0.1) is 5.82 Å². The van der Waals surface area contributed by atoms with Gasteiger partial charge in [-0.25, -0.2) is 4.39 Å². The zero-order valence-electron chi connectivity index (χ0n) is 17.9. The third-order valence-electron chi connectivity index (χ3n) is 5.85. The molecule has 0 aromatic heterocycles. The molecule has 10 heteroatoms. The molecular weight excluding hydrogens is 432 g/mol. The molecule has 1 amide bonds. The number of benzene rings is 1. The number of carbonyl (C=O) groups excluding carboxylic acids is 1. The Kier molecular flexibility index (Phi) is 8.35. The van der Waals surface area contributed by atoms with Crippen molar-refractivity contribution in [1.82, 2.24) is 10.2 Å². The molecule has 2 N–H and O–H groups in total. The summed E-state index contributed by atoms with van der Waals surface area (Å²) in [7, 11) is 0. The molecular formula is C22H30F4N2O4. The zero-order chi connectivity index (χ0) is 23.2. The predicted octanol–water partition coefficient (Wildman–Crippen LogP) is 2.82. The van der Waals surface area contributed by atoms with Crippen LogP contribution in [0.4, 0.5) is 17.6 Å². The highest BCUT2D eigenvalue weighted by Crippen LogP contribution is 2.37. The molecule has 3 rings (SSSR count). The first kappa shape index (κ1) is 24.7. The molecule has 180 valence electrons. The average Bonchev–Trinajstić information content (AvgIpc) is 2.72. The third kappa shape index (κ3) is 6.55. The molecule has 2 fully saturated rings. The third-order valence-corrected chi connectivity index (χ3v) is 5.85. The standard InChI is InChI=1S/C22H30F4N2O4/c23-19-13-18(32-11-3-1-2-10-31-17-6-8-27-9-7-17)5-4-16(19)12-20(29)28-14-21(30,15-28)22(24,25)26/h4-5,13,17,27,30H,1-3,6-12,14-15H2. The fraction of sp³-hybridized carbons (Fsp3) is 0.682. The molecule has 2 aliphatic heterocycles. The quantitative estimate of drug-likeness (QED) is 0.413. The van der Waals surface area contributed by atoms with Gasteiger partial charge in [0.25, 0.3) is 0 Å². The number of carbonyl (C=O) groups is 1. The number of hydrogen-bond donors (Lipinski definition) is 2. The minimum atomic E-state index is -4.80. The summed E-state index contributed by atoms with van der Waals surface area (Å²) in [5.74, 6) is -0.990. The van der Waals surface area contributed by atoms with E-state index in [0.29, 0.717) is 18.5 Å². The van der Waals surface area contributed by atoms with Gasteiger partial charge in [-0.1, -0.05) is 6.07 Å². The Balaban J connectivity index is 1.32. The van der Waals surface area contributed by atoms with Crippen LogP contribution in [-0.2, 0) is 16.0 Å². The Labute approximate surface area is 184 Å². The topological polar surface area (TPSA) is 71.0 Å². The number of likely N-dealkylation sites (tertiary alicyclic amines) is 1. The largest absolute Gasteiger partial charge is 0.493 e. The number of amides is 1. The lowest BCUT2D eigenvalue weighted by molar-refractivity contribution is -0.297. The van der Waals surface area contributed by atoms with Crippen molar-refractivity contribution in [3.63, 3.8) is 0 Å². The second-order valence-corrected chi connectivity index (χ2v) is 8.44. The molecule has 32 heavy (non-hydrogen) atoms. The van der Waals surface area contributed by atoms with Crippen molar-refractivity contribution in [2.45, 2.75) is 56.4 Å². The number of ether oxygens (including phenoxy) is 2. The lowest BCUT2D eigenvalue weighted by atomic mass is 9.92. The van der Waals surface area contributed by atoms with Gasteiger partial charge in [-0.15, -0.1) is 0 Å². The summed E-state index contributed by atoms with van der Waals surface area (Å²) in [6.45, 7) is 1.49. The number of unbranched alkanes of at least 4 members (excludes halogenated alkanes) is 2. The molecule has 6 nitrogen and oxygen atoms in total. The van der Waals surface area contributed by atoms with E-state index in [9.17, 15) is 27.5 Å². The second kappa shape index (κ2) is 10.8. The summed E-state index contributed by atoms with van der Waals surface area (Å²) in [6, 6.07) is 4.10. The number of β-amino-alcohol motifs (C(OH)–C–C–N with tert-alkyl or cyclic N) is 1. The Morgan fingerprint density at radius 3 is 2.50 bits per heavy atom. The molecule has 0 radical (unpaired) electrons. The van der Waals surface area contributed by atoms with E-state index in [-0.39, 0.29) is 12.0 Å². The van der Waals surface area contributed by atoms with Gasteiger partial charge in [-0.2, -0.15) is 13.2 Å². The SMILES string of the molecule is O=C(Cc1ccc(OCCCCCOC2CCNCC2)cc1F)N1CC(O)(C(F)(F)F)C1. The fourth-order valence-electron chi connectivity index (χ4n) is 3.76. The maximum Gasteiger partial charge on any atom is 0.420 e. The first-order valence-electron chi connectivity index (χ1n) is 11.0.